The Morgan fingerprint density at radius 2 is 1.81 bits per heavy atom. The minimum atomic E-state index is -0.435. The number of rotatable bonds is 4. The summed E-state index contributed by atoms with van der Waals surface area (Å²) >= 11 is 0. The Hall–Kier alpha value is -3.72. The van der Waals surface area contributed by atoms with Crippen molar-refractivity contribution < 1.29 is 19.1 Å². The lowest BCUT2D eigenvalue weighted by atomic mass is 9.90. The molecule has 0 spiro atoms. The van der Waals surface area contributed by atoms with Crippen LogP contribution in [0.15, 0.2) is 29.1 Å². The molecule has 42 heavy (non-hydrogen) atoms. The molecule has 0 unspecified atom stereocenters. The third kappa shape index (κ3) is 4.49. The molecular weight excluding hydrogens is 532 g/mol. The van der Waals surface area contributed by atoms with E-state index < -0.39 is 5.92 Å². The number of hydrogen-bond acceptors (Lipinski definition) is 7. The summed E-state index contributed by atoms with van der Waals surface area (Å²) in [7, 11) is 0. The summed E-state index contributed by atoms with van der Waals surface area (Å²) in [5, 5.41) is 0.931. The molecular formula is C33H38N4O5. The number of cyclic esters (lactones) is 1. The standard InChI is InChI=1S/C33H38N4O5/c1-3-22-25-16-21(42-33(40)36-14-10-20(11-15-36)35-12-6-5-7-13-35)8-9-28(25)34-30-26(22)18-37-29(30)17-24-23(4-2)32(39)41-19-27(24)31(37)38/h8-9,16-17,20,23H,3-7,10-15,18-19H2,1-2H3/t23-/m0/s1. The fourth-order valence-electron chi connectivity index (χ4n) is 7.49. The molecule has 6 heterocycles. The van der Waals surface area contributed by atoms with Gasteiger partial charge in [0.25, 0.3) is 5.56 Å². The molecule has 1 amide bonds. The number of aryl methyl sites for hydroxylation is 1. The predicted molar refractivity (Wildman–Crippen MR) is 159 cm³/mol. The summed E-state index contributed by atoms with van der Waals surface area (Å²) in [5.74, 6) is -0.205. The second-order valence-corrected chi connectivity index (χ2v) is 12.1. The van der Waals surface area contributed by atoms with Crippen molar-refractivity contribution in [3.63, 3.8) is 0 Å². The lowest BCUT2D eigenvalue weighted by Gasteiger charge is -2.39. The van der Waals surface area contributed by atoms with Gasteiger partial charge in [-0.2, -0.15) is 0 Å². The fraction of sp³-hybridized carbons (Fsp3) is 0.515. The first-order valence-corrected chi connectivity index (χ1v) is 15.6. The lowest BCUT2D eigenvalue weighted by molar-refractivity contribution is -0.148. The average molecular weight is 571 g/mol. The molecule has 2 fully saturated rings. The first-order valence-electron chi connectivity index (χ1n) is 15.6. The molecule has 2 aromatic heterocycles. The van der Waals surface area contributed by atoms with Crippen LogP contribution in [0.4, 0.5) is 4.79 Å². The van der Waals surface area contributed by atoms with Crippen LogP contribution in [0.1, 0.15) is 80.5 Å². The highest BCUT2D eigenvalue weighted by atomic mass is 16.6. The summed E-state index contributed by atoms with van der Waals surface area (Å²) in [6.07, 6.45) is 6.89. The molecule has 0 saturated carbocycles. The minimum absolute atomic E-state index is 0.0147. The van der Waals surface area contributed by atoms with Crippen LogP contribution in [-0.4, -0.2) is 63.6 Å². The summed E-state index contributed by atoms with van der Waals surface area (Å²) in [6, 6.07) is 8.15. The van der Waals surface area contributed by atoms with E-state index in [-0.39, 0.29) is 24.2 Å². The number of ether oxygens (including phenoxy) is 2. The normalized spacial score (nSPS) is 20.7. The number of benzene rings is 1. The van der Waals surface area contributed by atoms with Crippen molar-refractivity contribution >= 4 is 23.0 Å². The maximum absolute atomic E-state index is 13.6. The molecule has 0 bridgehead atoms. The van der Waals surface area contributed by atoms with E-state index in [0.717, 1.165) is 71.3 Å². The van der Waals surface area contributed by atoms with Gasteiger partial charge in [0.05, 0.1) is 34.9 Å². The second kappa shape index (κ2) is 10.8. The first-order chi connectivity index (χ1) is 20.5. The Bertz CT molecular complexity index is 1630. The van der Waals surface area contributed by atoms with Gasteiger partial charge < -0.3 is 23.8 Å². The summed E-state index contributed by atoms with van der Waals surface area (Å²) in [4.78, 5) is 48.5. The van der Waals surface area contributed by atoms with Crippen molar-refractivity contribution in [3.05, 3.63) is 56.9 Å². The summed E-state index contributed by atoms with van der Waals surface area (Å²) in [5.41, 5.74) is 5.64. The summed E-state index contributed by atoms with van der Waals surface area (Å²) < 4.78 is 13.0. The van der Waals surface area contributed by atoms with Crippen molar-refractivity contribution in [1.82, 2.24) is 19.4 Å². The fourth-order valence-corrected chi connectivity index (χ4v) is 7.49. The van der Waals surface area contributed by atoms with Gasteiger partial charge in [0.1, 0.15) is 12.4 Å². The summed E-state index contributed by atoms with van der Waals surface area (Å²) in [6.45, 7) is 8.26. The number of aromatic nitrogens is 2. The van der Waals surface area contributed by atoms with Gasteiger partial charge in [-0.05, 0) is 87.0 Å². The van der Waals surface area contributed by atoms with Crippen LogP contribution in [0.25, 0.3) is 22.3 Å². The number of fused-ring (bicyclic) bond motifs is 5. The largest absolute Gasteiger partial charge is 0.460 e. The molecule has 2 saturated heterocycles. The van der Waals surface area contributed by atoms with Crippen LogP contribution in [0.2, 0.25) is 0 Å². The Labute approximate surface area is 245 Å². The SMILES string of the molecule is CCc1c2c(nc3ccc(OC(=O)N4CCC(N5CCCCC5)CC4)cc13)-c1cc3c(c(=O)n1C2)COC(=O)[C@H]3CC. The molecule has 3 aromatic rings. The molecule has 0 aliphatic carbocycles. The molecule has 0 radical (unpaired) electrons. The number of carbonyl (C=O) groups is 2. The van der Waals surface area contributed by atoms with Gasteiger partial charge in [-0.15, -0.1) is 0 Å². The van der Waals surface area contributed by atoms with E-state index >= 15 is 0 Å². The average Bonchev–Trinajstić information content (AvgIpc) is 3.38. The number of nitrogens with zero attached hydrogens (tertiary/aromatic N) is 4. The van der Waals surface area contributed by atoms with Crippen LogP contribution < -0.4 is 10.3 Å². The van der Waals surface area contributed by atoms with E-state index in [1.165, 1.54) is 32.4 Å². The first kappa shape index (κ1) is 27.1. The van der Waals surface area contributed by atoms with Gasteiger partial charge >= 0.3 is 12.1 Å². The molecule has 7 rings (SSSR count). The molecule has 9 nitrogen and oxygen atoms in total. The van der Waals surface area contributed by atoms with E-state index in [4.69, 9.17) is 14.5 Å². The van der Waals surface area contributed by atoms with E-state index in [0.29, 0.717) is 30.3 Å². The van der Waals surface area contributed by atoms with Crippen LogP contribution in [-0.2, 0) is 29.1 Å². The topological polar surface area (TPSA) is 94.0 Å². The maximum atomic E-state index is 13.6. The third-order valence-corrected chi connectivity index (χ3v) is 9.78. The molecule has 1 aromatic carbocycles. The molecule has 220 valence electrons. The number of esters is 1. The molecule has 4 aliphatic rings. The zero-order valence-corrected chi connectivity index (χ0v) is 24.5. The quantitative estimate of drug-likeness (QED) is 0.319. The number of pyridine rings is 2. The smallest absolute Gasteiger partial charge is 0.415 e. The van der Waals surface area contributed by atoms with Crippen molar-refractivity contribution in [2.45, 2.75) is 83.9 Å². The highest BCUT2D eigenvalue weighted by molar-refractivity contribution is 5.90. The predicted octanol–water partition coefficient (Wildman–Crippen LogP) is 4.99. The van der Waals surface area contributed by atoms with E-state index in [1.807, 2.05) is 30.0 Å². The van der Waals surface area contributed by atoms with Gasteiger partial charge in [0.2, 0.25) is 0 Å². The molecule has 4 aliphatic heterocycles. The van der Waals surface area contributed by atoms with Gasteiger partial charge in [0.15, 0.2) is 0 Å². The maximum Gasteiger partial charge on any atom is 0.415 e. The van der Waals surface area contributed by atoms with Crippen LogP contribution in [0.3, 0.4) is 0 Å². The van der Waals surface area contributed by atoms with Crippen LogP contribution in [0, 0.1) is 0 Å². The van der Waals surface area contributed by atoms with Crippen molar-refractivity contribution in [2.75, 3.05) is 26.2 Å². The Morgan fingerprint density at radius 1 is 1.02 bits per heavy atom. The third-order valence-electron chi connectivity index (χ3n) is 9.78. The van der Waals surface area contributed by atoms with Crippen molar-refractivity contribution in [1.29, 1.82) is 0 Å². The zero-order chi connectivity index (χ0) is 29.0. The highest BCUT2D eigenvalue weighted by Crippen LogP contribution is 2.39. The molecule has 9 heteroatoms. The molecule has 1 atom stereocenters. The van der Waals surface area contributed by atoms with Crippen LogP contribution in [0.5, 0.6) is 5.75 Å². The zero-order valence-electron chi connectivity index (χ0n) is 24.5. The molecule has 0 N–H and O–H groups in total. The van der Waals surface area contributed by atoms with Gasteiger partial charge in [-0.25, -0.2) is 9.78 Å². The number of hydrogen-bond donors (Lipinski definition) is 0. The van der Waals surface area contributed by atoms with E-state index in [2.05, 4.69) is 11.8 Å². The van der Waals surface area contributed by atoms with E-state index in [1.54, 1.807) is 10.6 Å². The van der Waals surface area contributed by atoms with Gasteiger partial charge in [-0.1, -0.05) is 20.3 Å². The number of likely N-dealkylation sites (tertiary alicyclic amines) is 2. The van der Waals surface area contributed by atoms with Crippen LogP contribution >= 0.6 is 0 Å². The van der Waals surface area contributed by atoms with Gasteiger partial charge in [-0.3, -0.25) is 9.59 Å². The Morgan fingerprint density at radius 3 is 2.55 bits per heavy atom. The lowest BCUT2D eigenvalue weighted by Crippen LogP contribution is -2.48. The number of piperidine rings is 2. The van der Waals surface area contributed by atoms with Gasteiger partial charge in [0, 0.05) is 30.1 Å². The van der Waals surface area contributed by atoms with Crippen molar-refractivity contribution in [3.8, 4) is 17.1 Å². The number of amides is 1. The minimum Gasteiger partial charge on any atom is -0.460 e. The Balaban J connectivity index is 1.15. The Kier molecular flexibility index (Phi) is 7.00. The second-order valence-electron chi connectivity index (χ2n) is 12.1. The monoisotopic (exact) mass is 570 g/mol. The van der Waals surface area contributed by atoms with E-state index in [9.17, 15) is 14.4 Å². The van der Waals surface area contributed by atoms with Crippen molar-refractivity contribution in [2.24, 2.45) is 0 Å². The number of carbonyl (C=O) groups excluding carboxylic acids is 2. The highest BCUT2D eigenvalue weighted by Gasteiger charge is 2.35.